The van der Waals surface area contributed by atoms with Gasteiger partial charge in [-0.15, -0.1) is 0 Å². The molecule has 0 aliphatic heterocycles. The summed E-state index contributed by atoms with van der Waals surface area (Å²) >= 11 is 0. The first-order valence-electron chi connectivity index (χ1n) is 21.0. The number of Topliss-reactive ketones (excluding diaryl/α,β-unsaturated/α-hetero) is 2. The number of unbranched alkanes of at least 4 members (excludes halogenated alkanes) is 24. The van der Waals surface area contributed by atoms with E-state index in [9.17, 15) is 32.8 Å². The summed E-state index contributed by atoms with van der Waals surface area (Å²) in [6, 6.07) is 0. The van der Waals surface area contributed by atoms with E-state index in [2.05, 4.69) is 18.0 Å². The molecule has 0 aliphatic carbocycles. The molecule has 0 radical (unpaired) electrons. The molecule has 10 heteroatoms. The van der Waals surface area contributed by atoms with E-state index in [0.29, 0.717) is 30.4 Å². The number of aliphatic hydroxyl groups is 2. The monoisotopic (exact) mass is 750 g/mol. The zero-order valence-corrected chi connectivity index (χ0v) is 34.8. The lowest BCUT2D eigenvalue weighted by atomic mass is 10.0. The van der Waals surface area contributed by atoms with Crippen LogP contribution in [0.25, 0.3) is 0 Å². The molecule has 0 spiro atoms. The molecule has 0 heterocycles. The molecule has 0 aromatic carbocycles. The second-order valence-electron chi connectivity index (χ2n) is 15.7. The molecule has 306 valence electrons. The Kier molecular flexibility index (Phi) is 36.9. The van der Waals surface area contributed by atoms with Crippen LogP contribution in [0.4, 0.5) is 0 Å². The maximum Gasteiger partial charge on any atom is 0.217 e. The van der Waals surface area contributed by atoms with Gasteiger partial charge in [0.2, 0.25) is 10.4 Å². The molecular formula is C41H83NO8S. The van der Waals surface area contributed by atoms with E-state index < -0.39 is 22.6 Å². The minimum atomic E-state index is -4.41. The van der Waals surface area contributed by atoms with Crippen LogP contribution in [0.1, 0.15) is 206 Å². The zero-order valence-electron chi connectivity index (χ0n) is 34.0. The number of carbonyl (C=O) groups is 2. The summed E-state index contributed by atoms with van der Waals surface area (Å²) in [6.07, 6.45) is 33.6. The van der Waals surface area contributed by atoms with Gasteiger partial charge in [-0.2, -0.15) is 0 Å². The van der Waals surface area contributed by atoms with Crippen molar-refractivity contribution < 1.29 is 41.4 Å². The fraction of sp³-hybridized carbons (Fsp3) is 0.951. The van der Waals surface area contributed by atoms with Crippen molar-refractivity contribution in [3.8, 4) is 0 Å². The number of rotatable bonds is 37. The van der Waals surface area contributed by atoms with Gasteiger partial charge in [0.15, 0.2) is 0 Å². The maximum atomic E-state index is 12.4. The molecule has 0 aromatic heterocycles. The Bertz CT molecular complexity index is 842. The molecule has 2 N–H and O–H groups in total. The van der Waals surface area contributed by atoms with E-state index >= 15 is 0 Å². The van der Waals surface area contributed by atoms with Gasteiger partial charge < -0.3 is 19.2 Å². The molecule has 2 unspecified atom stereocenters. The lowest BCUT2D eigenvalue weighted by Crippen LogP contribution is -2.50. The Morgan fingerprint density at radius 3 is 0.961 bits per heavy atom. The summed E-state index contributed by atoms with van der Waals surface area (Å²) in [5.74, 6) is 0.276. The lowest BCUT2D eigenvalue weighted by Gasteiger charge is -2.33. The SMILES string of the molecule is CCCCCCCCCCCCCCCC(=O)CC(O)C[N+](C)(C)CC(O)CC(=O)CCCCCCCCCCCCCCC.COS(=O)(=O)[O-]. The number of carbonyl (C=O) groups excluding carboxylic acids is 2. The van der Waals surface area contributed by atoms with Crippen molar-refractivity contribution in [2.45, 2.75) is 219 Å². The molecule has 0 aromatic rings. The average Bonchev–Trinajstić information content (AvgIpc) is 3.04. The fourth-order valence-corrected chi connectivity index (χ4v) is 6.75. The van der Waals surface area contributed by atoms with Crippen LogP contribution in [0, 0.1) is 0 Å². The number of quaternary nitrogens is 1. The smallest absolute Gasteiger partial charge is 0.217 e. The summed E-state index contributed by atoms with van der Waals surface area (Å²) < 4.78 is 31.4. The Labute approximate surface area is 315 Å². The largest absolute Gasteiger partial charge is 0.726 e. The second-order valence-corrected chi connectivity index (χ2v) is 16.8. The molecule has 0 aliphatic rings. The van der Waals surface area contributed by atoms with Gasteiger partial charge in [-0.1, -0.05) is 168 Å². The van der Waals surface area contributed by atoms with Crippen molar-refractivity contribution in [3.63, 3.8) is 0 Å². The van der Waals surface area contributed by atoms with Crippen LogP contribution in [-0.2, 0) is 24.2 Å². The highest BCUT2D eigenvalue weighted by Crippen LogP contribution is 2.16. The van der Waals surface area contributed by atoms with Gasteiger partial charge in [0, 0.05) is 25.7 Å². The van der Waals surface area contributed by atoms with E-state index in [1.807, 2.05) is 14.1 Å². The second kappa shape index (κ2) is 36.1. The molecule has 0 fully saturated rings. The van der Waals surface area contributed by atoms with Crippen molar-refractivity contribution in [1.82, 2.24) is 0 Å². The van der Waals surface area contributed by atoms with E-state index in [1.165, 1.54) is 141 Å². The molecule has 0 amide bonds. The van der Waals surface area contributed by atoms with Gasteiger partial charge in [-0.05, 0) is 12.8 Å². The van der Waals surface area contributed by atoms with Crippen LogP contribution < -0.4 is 0 Å². The predicted octanol–water partition coefficient (Wildman–Crippen LogP) is 9.76. The third-order valence-electron chi connectivity index (χ3n) is 9.66. The highest BCUT2D eigenvalue weighted by atomic mass is 32.3. The Morgan fingerprint density at radius 2 is 0.745 bits per heavy atom. The standard InChI is InChI=1S/C40H80NO4.CH4O4S/c1-5-7-9-11-13-15-17-19-21-23-25-27-29-31-37(42)33-39(44)35-41(3,4)36-40(45)34-38(43)32-30-28-26-24-22-20-18-16-14-12-10-8-6-2;1-5-6(2,3)4/h39-40,44-45H,5-36H2,1-4H3;1H3,(H,2,3,4)/q+1;/p-1. The first-order chi connectivity index (χ1) is 24.3. The van der Waals surface area contributed by atoms with E-state index in [0.717, 1.165) is 32.8 Å². The maximum absolute atomic E-state index is 12.4. The summed E-state index contributed by atoms with van der Waals surface area (Å²) in [4.78, 5) is 24.8. The predicted molar refractivity (Wildman–Crippen MR) is 210 cm³/mol. The van der Waals surface area contributed by atoms with Gasteiger partial charge in [0.05, 0.1) is 21.2 Å². The number of hydrogen-bond acceptors (Lipinski definition) is 8. The Morgan fingerprint density at radius 1 is 0.529 bits per heavy atom. The van der Waals surface area contributed by atoms with Crippen LogP contribution in [0.5, 0.6) is 0 Å². The van der Waals surface area contributed by atoms with Crippen molar-refractivity contribution in [2.24, 2.45) is 0 Å². The number of hydrogen-bond donors (Lipinski definition) is 2. The molecule has 9 nitrogen and oxygen atoms in total. The first-order valence-corrected chi connectivity index (χ1v) is 22.3. The molecule has 0 rings (SSSR count). The average molecular weight is 750 g/mol. The number of likely N-dealkylation sites (N-methyl/N-ethyl adjacent to an activating group) is 1. The molecule has 0 saturated carbocycles. The summed E-state index contributed by atoms with van der Waals surface area (Å²) in [7, 11) is 0.313. The van der Waals surface area contributed by atoms with Gasteiger partial charge >= 0.3 is 0 Å². The normalized spacial score (nSPS) is 13.1. The summed E-state index contributed by atoms with van der Waals surface area (Å²) in [5, 5.41) is 21.1. The quantitative estimate of drug-likeness (QED) is 0.0277. The highest BCUT2D eigenvalue weighted by molar-refractivity contribution is 7.80. The summed E-state index contributed by atoms with van der Waals surface area (Å²) in [6.45, 7) is 5.35. The van der Waals surface area contributed by atoms with Crippen LogP contribution in [0.3, 0.4) is 0 Å². The van der Waals surface area contributed by atoms with Crippen LogP contribution >= 0.6 is 0 Å². The minimum absolute atomic E-state index is 0.138. The third kappa shape index (κ3) is 43.4. The van der Waals surface area contributed by atoms with Gasteiger partial charge in [-0.3, -0.25) is 13.8 Å². The lowest BCUT2D eigenvalue weighted by molar-refractivity contribution is -0.896. The number of nitrogens with zero attached hydrogens (tertiary/aromatic N) is 1. The fourth-order valence-electron chi connectivity index (χ4n) is 6.75. The highest BCUT2D eigenvalue weighted by Gasteiger charge is 2.26. The van der Waals surface area contributed by atoms with Gasteiger partial charge in [-0.25, -0.2) is 8.42 Å². The van der Waals surface area contributed by atoms with Gasteiger partial charge in [0.25, 0.3) is 0 Å². The number of aliphatic hydroxyl groups excluding tert-OH is 2. The van der Waals surface area contributed by atoms with Crippen LogP contribution in [0.2, 0.25) is 0 Å². The first kappa shape index (κ1) is 52.2. The topological polar surface area (TPSA) is 141 Å². The van der Waals surface area contributed by atoms with E-state index in [1.54, 1.807) is 0 Å². The molecule has 51 heavy (non-hydrogen) atoms. The van der Waals surface area contributed by atoms with Crippen LogP contribution in [-0.4, -0.2) is 85.7 Å². The Balaban J connectivity index is 0. The van der Waals surface area contributed by atoms with E-state index in [4.69, 9.17) is 0 Å². The zero-order chi connectivity index (χ0) is 38.6. The summed E-state index contributed by atoms with van der Waals surface area (Å²) in [5.41, 5.74) is 0. The van der Waals surface area contributed by atoms with Gasteiger partial charge in [0.1, 0.15) is 36.9 Å². The van der Waals surface area contributed by atoms with Crippen molar-refractivity contribution >= 4 is 22.0 Å². The van der Waals surface area contributed by atoms with Crippen molar-refractivity contribution in [2.75, 3.05) is 34.3 Å². The minimum Gasteiger partial charge on any atom is -0.726 e. The third-order valence-corrected chi connectivity index (χ3v) is 10.1. The molecule has 0 bridgehead atoms. The number of ketones is 2. The van der Waals surface area contributed by atoms with Crippen molar-refractivity contribution in [1.29, 1.82) is 0 Å². The Hall–Kier alpha value is -0.910. The van der Waals surface area contributed by atoms with Crippen LogP contribution in [0.15, 0.2) is 0 Å². The van der Waals surface area contributed by atoms with E-state index in [-0.39, 0.29) is 24.4 Å². The molecule has 2 atom stereocenters. The van der Waals surface area contributed by atoms with Crippen molar-refractivity contribution in [3.05, 3.63) is 0 Å². The molecular weight excluding hydrogens is 667 g/mol. The molecule has 0 saturated heterocycles.